The molecule has 2 aromatic heterocycles. The maximum Gasteiger partial charge on any atom is 0.408 e. The van der Waals surface area contributed by atoms with Crippen molar-refractivity contribution in [1.29, 1.82) is 0 Å². The van der Waals surface area contributed by atoms with Gasteiger partial charge in [-0.25, -0.2) is 9.59 Å². The quantitative estimate of drug-likeness (QED) is 0.344. The maximum atomic E-state index is 14.1. The Bertz CT molecular complexity index is 1510. The van der Waals surface area contributed by atoms with Crippen molar-refractivity contribution in [3.8, 4) is 0 Å². The number of carbonyl (C=O) groups is 3. The number of carbonyl (C=O) groups excluding carboxylic acids is 3. The van der Waals surface area contributed by atoms with Crippen LogP contribution in [-0.4, -0.2) is 57.6 Å². The first-order valence-electron chi connectivity index (χ1n) is 12.7. The number of ether oxygens (including phenoxy) is 2. The number of aromatic amines is 2. The Morgan fingerprint density at radius 1 is 1.05 bits per heavy atom. The highest BCUT2D eigenvalue weighted by Crippen LogP contribution is 2.31. The van der Waals surface area contributed by atoms with Gasteiger partial charge in [-0.1, -0.05) is 36.4 Å². The number of aromatic nitrogens is 2. The minimum atomic E-state index is -0.970. The lowest BCUT2D eigenvalue weighted by Crippen LogP contribution is -2.56. The van der Waals surface area contributed by atoms with Crippen molar-refractivity contribution in [1.82, 2.24) is 20.2 Å². The molecule has 9 nitrogen and oxygen atoms in total. The molecule has 0 saturated heterocycles. The molecule has 2 atom stereocenters. The van der Waals surface area contributed by atoms with E-state index in [1.165, 1.54) is 12.0 Å². The Hall–Kier alpha value is -4.27. The molecule has 4 aromatic rings. The molecular weight excluding hydrogens is 484 g/mol. The van der Waals surface area contributed by atoms with Crippen molar-refractivity contribution < 1.29 is 23.9 Å². The van der Waals surface area contributed by atoms with Crippen LogP contribution in [0.15, 0.2) is 54.7 Å². The zero-order valence-electron chi connectivity index (χ0n) is 22.0. The van der Waals surface area contributed by atoms with Crippen LogP contribution in [0.2, 0.25) is 0 Å². The summed E-state index contributed by atoms with van der Waals surface area (Å²) < 4.78 is 10.6. The third-order valence-electron chi connectivity index (χ3n) is 6.85. The summed E-state index contributed by atoms with van der Waals surface area (Å²) >= 11 is 0. The number of fused-ring (bicyclic) bond motifs is 4. The van der Waals surface area contributed by atoms with Crippen molar-refractivity contribution >= 4 is 39.8 Å². The Kier molecular flexibility index (Phi) is 6.60. The van der Waals surface area contributed by atoms with Crippen LogP contribution in [0.1, 0.15) is 37.6 Å². The summed E-state index contributed by atoms with van der Waals surface area (Å²) in [5.41, 5.74) is 3.86. The van der Waals surface area contributed by atoms with E-state index < -0.39 is 29.7 Å². The van der Waals surface area contributed by atoms with Gasteiger partial charge in [0.15, 0.2) is 0 Å². The van der Waals surface area contributed by atoms with Gasteiger partial charge >= 0.3 is 12.1 Å². The number of hydrogen-bond donors (Lipinski definition) is 3. The Morgan fingerprint density at radius 3 is 2.45 bits per heavy atom. The smallest absolute Gasteiger partial charge is 0.408 e. The lowest BCUT2D eigenvalue weighted by molar-refractivity contribution is -0.154. The van der Waals surface area contributed by atoms with E-state index in [9.17, 15) is 14.4 Å². The standard InChI is InChI=1S/C29H32N4O5/c1-29(2,3)38-28(36)32-23(13-17-15-30-21-11-7-5-9-18(17)21)26(34)33-16-24-20(14-25(33)27(35)37-4)19-10-6-8-12-22(19)31-24/h5-12,15,23,25,30-31H,13-14,16H2,1-4H3,(H,32,36)/t23-,25-/m0/s1. The van der Waals surface area contributed by atoms with Gasteiger partial charge in [0, 0.05) is 46.5 Å². The number of nitrogens with one attached hydrogen (secondary N) is 3. The van der Waals surface area contributed by atoms with E-state index >= 15 is 0 Å². The molecule has 1 aliphatic rings. The molecule has 5 rings (SSSR count). The predicted molar refractivity (Wildman–Crippen MR) is 144 cm³/mol. The number of amides is 2. The number of alkyl carbamates (subject to hydrolysis) is 1. The number of H-pyrrole nitrogens is 2. The maximum absolute atomic E-state index is 14.1. The highest BCUT2D eigenvalue weighted by Gasteiger charge is 2.40. The molecule has 9 heteroatoms. The van der Waals surface area contributed by atoms with Gasteiger partial charge in [-0.15, -0.1) is 0 Å². The average molecular weight is 517 g/mol. The van der Waals surface area contributed by atoms with Gasteiger partial charge < -0.3 is 29.7 Å². The topological polar surface area (TPSA) is 117 Å². The van der Waals surface area contributed by atoms with Crippen molar-refractivity contribution in [3.63, 3.8) is 0 Å². The SMILES string of the molecule is COC(=O)[C@@H]1Cc2c([nH]c3ccccc23)CN1C(=O)[C@H](Cc1c[nH]c2ccccc12)NC(=O)OC(C)(C)C. The van der Waals surface area contributed by atoms with Crippen LogP contribution in [0.4, 0.5) is 4.79 Å². The van der Waals surface area contributed by atoms with Crippen LogP contribution in [0.3, 0.4) is 0 Å². The lowest BCUT2D eigenvalue weighted by atomic mass is 9.95. The van der Waals surface area contributed by atoms with Gasteiger partial charge in [0.1, 0.15) is 17.7 Å². The molecule has 198 valence electrons. The van der Waals surface area contributed by atoms with Crippen molar-refractivity contribution in [2.24, 2.45) is 0 Å². The molecule has 0 bridgehead atoms. The van der Waals surface area contributed by atoms with Crippen LogP contribution in [0.25, 0.3) is 21.8 Å². The summed E-state index contributed by atoms with van der Waals surface area (Å²) in [4.78, 5) is 48.0. The molecule has 0 radical (unpaired) electrons. The Balaban J connectivity index is 1.50. The number of esters is 1. The van der Waals surface area contributed by atoms with Crippen molar-refractivity contribution in [2.45, 2.75) is 57.8 Å². The van der Waals surface area contributed by atoms with Gasteiger partial charge in [-0.05, 0) is 44.0 Å². The molecule has 3 heterocycles. The summed E-state index contributed by atoms with van der Waals surface area (Å²) in [6.45, 7) is 5.47. The summed E-state index contributed by atoms with van der Waals surface area (Å²) in [5, 5.41) is 4.75. The van der Waals surface area contributed by atoms with E-state index in [1.807, 2.05) is 54.7 Å². The van der Waals surface area contributed by atoms with Crippen molar-refractivity contribution in [2.75, 3.05) is 7.11 Å². The Morgan fingerprint density at radius 2 is 1.74 bits per heavy atom. The lowest BCUT2D eigenvalue weighted by Gasteiger charge is -2.36. The van der Waals surface area contributed by atoms with E-state index in [0.29, 0.717) is 6.42 Å². The summed E-state index contributed by atoms with van der Waals surface area (Å²) in [7, 11) is 1.32. The molecule has 0 saturated carbocycles. The second-order valence-corrected chi connectivity index (χ2v) is 10.6. The van der Waals surface area contributed by atoms with Crippen LogP contribution >= 0.6 is 0 Å². The fourth-order valence-electron chi connectivity index (χ4n) is 5.16. The number of para-hydroxylation sites is 2. The first kappa shape index (κ1) is 25.4. The summed E-state index contributed by atoms with van der Waals surface area (Å²) in [6, 6.07) is 13.8. The minimum Gasteiger partial charge on any atom is -0.467 e. The highest BCUT2D eigenvalue weighted by atomic mass is 16.6. The molecule has 0 fully saturated rings. The second-order valence-electron chi connectivity index (χ2n) is 10.6. The minimum absolute atomic E-state index is 0.184. The summed E-state index contributed by atoms with van der Waals surface area (Å²) in [5.74, 6) is -0.891. The van der Waals surface area contributed by atoms with Crippen LogP contribution in [0.5, 0.6) is 0 Å². The third kappa shape index (κ3) is 4.96. The average Bonchev–Trinajstić information content (AvgIpc) is 3.46. The van der Waals surface area contributed by atoms with Gasteiger partial charge in [-0.2, -0.15) is 0 Å². The van der Waals surface area contributed by atoms with Gasteiger partial charge in [0.25, 0.3) is 0 Å². The normalized spacial score (nSPS) is 16.2. The van der Waals surface area contributed by atoms with Crippen LogP contribution < -0.4 is 5.32 Å². The molecular formula is C29H32N4O5. The molecule has 38 heavy (non-hydrogen) atoms. The molecule has 1 aliphatic heterocycles. The van der Waals surface area contributed by atoms with Crippen molar-refractivity contribution in [3.05, 3.63) is 71.5 Å². The third-order valence-corrected chi connectivity index (χ3v) is 6.85. The molecule has 2 aromatic carbocycles. The number of rotatable bonds is 5. The van der Waals surface area contributed by atoms with Gasteiger partial charge in [0.2, 0.25) is 5.91 Å². The largest absolute Gasteiger partial charge is 0.467 e. The first-order valence-corrected chi connectivity index (χ1v) is 12.7. The summed E-state index contributed by atoms with van der Waals surface area (Å²) in [6.07, 6.45) is 1.66. The number of nitrogens with zero attached hydrogens (tertiary/aromatic N) is 1. The highest BCUT2D eigenvalue weighted by molar-refractivity contribution is 5.93. The predicted octanol–water partition coefficient (Wildman–Crippen LogP) is 4.21. The Labute approximate surface area is 220 Å². The number of methoxy groups -OCH3 is 1. The molecule has 2 amide bonds. The number of hydrogen-bond acceptors (Lipinski definition) is 5. The molecule has 0 unspecified atom stereocenters. The number of benzene rings is 2. The molecule has 3 N–H and O–H groups in total. The van der Waals surface area contributed by atoms with Gasteiger partial charge in [-0.3, -0.25) is 4.79 Å². The van der Waals surface area contributed by atoms with Gasteiger partial charge in [0.05, 0.1) is 13.7 Å². The zero-order chi connectivity index (χ0) is 27.0. The van der Waals surface area contributed by atoms with E-state index in [1.54, 1.807) is 20.8 Å². The zero-order valence-corrected chi connectivity index (χ0v) is 22.0. The van der Waals surface area contributed by atoms with Crippen LogP contribution in [0, 0.1) is 0 Å². The van der Waals surface area contributed by atoms with E-state index in [4.69, 9.17) is 9.47 Å². The monoisotopic (exact) mass is 516 g/mol. The first-order chi connectivity index (χ1) is 18.1. The molecule has 0 aliphatic carbocycles. The molecule has 0 spiro atoms. The second kappa shape index (κ2) is 9.89. The fraction of sp³-hybridized carbons (Fsp3) is 0.345. The fourth-order valence-corrected chi connectivity index (χ4v) is 5.16. The van der Waals surface area contributed by atoms with E-state index in [0.717, 1.165) is 38.6 Å². The van der Waals surface area contributed by atoms with E-state index in [-0.39, 0.29) is 18.9 Å². The van der Waals surface area contributed by atoms with Crippen LogP contribution in [-0.2, 0) is 38.4 Å². The van der Waals surface area contributed by atoms with E-state index in [2.05, 4.69) is 15.3 Å².